The van der Waals surface area contributed by atoms with Crippen molar-refractivity contribution in [2.75, 3.05) is 12.9 Å². The molecule has 0 unspecified atom stereocenters. The van der Waals surface area contributed by atoms with Crippen molar-refractivity contribution in [3.63, 3.8) is 0 Å². The lowest BCUT2D eigenvalue weighted by atomic mass is 9.88. The fourth-order valence-corrected chi connectivity index (χ4v) is 3.23. The average molecular weight is 374 g/mol. The maximum absolute atomic E-state index is 12.7. The molecule has 0 saturated carbocycles. The van der Waals surface area contributed by atoms with Crippen LogP contribution in [0.25, 0.3) is 0 Å². The van der Waals surface area contributed by atoms with Crippen LogP contribution in [0.15, 0.2) is 60.7 Å². The highest BCUT2D eigenvalue weighted by Crippen LogP contribution is 2.32. The van der Waals surface area contributed by atoms with Crippen molar-refractivity contribution in [3.05, 3.63) is 71.8 Å². The number of benzene rings is 2. The fourth-order valence-electron chi connectivity index (χ4n) is 2.56. The number of ether oxygens (including phenoxy) is 2. The molecule has 0 amide bonds. The fraction of sp³-hybridized carbons (Fsp3) is 0.300. The van der Waals surface area contributed by atoms with E-state index < -0.39 is 22.8 Å². The molecule has 138 valence electrons. The number of hydrogen-bond acceptors (Lipinski definition) is 6. The lowest BCUT2D eigenvalue weighted by Crippen LogP contribution is -2.52. The first-order chi connectivity index (χ1) is 12.5. The van der Waals surface area contributed by atoms with Gasteiger partial charge in [-0.25, -0.2) is 4.79 Å². The maximum Gasteiger partial charge on any atom is 0.345 e. The maximum atomic E-state index is 12.7. The third kappa shape index (κ3) is 4.52. The van der Waals surface area contributed by atoms with E-state index in [1.807, 2.05) is 37.3 Å². The third-order valence-corrected chi connectivity index (χ3v) is 4.64. The zero-order chi connectivity index (χ0) is 19.0. The molecule has 2 aromatic rings. The van der Waals surface area contributed by atoms with E-state index in [1.54, 1.807) is 30.3 Å². The number of rotatable bonds is 8. The molecule has 0 bridgehead atoms. The molecular weight excluding hydrogens is 352 g/mol. The zero-order valence-electron chi connectivity index (χ0n) is 14.8. The topological polar surface area (TPSA) is 72.8 Å². The van der Waals surface area contributed by atoms with Crippen molar-refractivity contribution in [1.82, 2.24) is 0 Å². The Hall–Kier alpha value is -2.15. The van der Waals surface area contributed by atoms with Gasteiger partial charge in [0.2, 0.25) is 10.7 Å². The van der Waals surface area contributed by atoms with Crippen LogP contribution in [0.1, 0.15) is 18.1 Å². The number of hydrogen-bond donors (Lipinski definition) is 1. The first kappa shape index (κ1) is 20.2. The van der Waals surface area contributed by atoms with Gasteiger partial charge in [0.1, 0.15) is 0 Å². The molecule has 2 rings (SSSR count). The Morgan fingerprint density at radius 3 is 2.19 bits per heavy atom. The van der Waals surface area contributed by atoms with E-state index in [4.69, 9.17) is 9.47 Å². The predicted octanol–water partition coefficient (Wildman–Crippen LogP) is 2.91. The van der Waals surface area contributed by atoms with Gasteiger partial charge in [-0.15, -0.1) is 0 Å². The minimum Gasteiger partial charge on any atom is -0.467 e. The van der Waals surface area contributed by atoms with Gasteiger partial charge in [0.15, 0.2) is 6.10 Å². The van der Waals surface area contributed by atoms with Crippen molar-refractivity contribution < 1.29 is 24.2 Å². The summed E-state index contributed by atoms with van der Waals surface area (Å²) in [6, 6.07) is 17.5. The number of esters is 1. The normalized spacial score (nSPS) is 14.3. The Bertz CT molecular complexity index is 719. The van der Waals surface area contributed by atoms with Gasteiger partial charge in [-0.3, -0.25) is 4.79 Å². The summed E-state index contributed by atoms with van der Waals surface area (Å²) in [4.78, 5) is 25.2. The molecule has 5 nitrogen and oxygen atoms in total. The highest BCUT2D eigenvalue weighted by molar-refractivity contribution is 8.13. The van der Waals surface area contributed by atoms with Crippen molar-refractivity contribution in [3.8, 4) is 0 Å². The second-order valence-electron chi connectivity index (χ2n) is 5.55. The van der Waals surface area contributed by atoms with Gasteiger partial charge in [0.25, 0.3) is 0 Å². The minimum absolute atomic E-state index is 0.0770. The molecule has 0 aliphatic heterocycles. The molecule has 0 aliphatic carbocycles. The van der Waals surface area contributed by atoms with E-state index in [0.717, 1.165) is 17.3 Å². The van der Waals surface area contributed by atoms with Crippen molar-refractivity contribution in [2.24, 2.45) is 0 Å². The SMILES string of the molecule is CCSC(=O)[C@H](OCc1ccccc1)[C@@](O)(C(=O)OC)c1ccccc1. The lowest BCUT2D eigenvalue weighted by molar-refractivity contribution is -0.185. The standard InChI is InChI=1S/C20H22O5S/c1-3-26-18(21)17(25-14-15-10-6-4-7-11-15)20(23,19(22)24-2)16-12-8-5-9-13-16/h4-13,17,23H,3,14H2,1-2H3/t17-,20+/m0/s1. The molecule has 6 heteroatoms. The van der Waals surface area contributed by atoms with E-state index in [-0.39, 0.29) is 12.2 Å². The number of methoxy groups -OCH3 is 1. The van der Waals surface area contributed by atoms with Crippen molar-refractivity contribution in [1.29, 1.82) is 0 Å². The predicted molar refractivity (Wildman–Crippen MR) is 101 cm³/mol. The second kappa shape index (κ2) is 9.52. The Labute approximate surface area is 157 Å². The minimum atomic E-state index is -2.23. The van der Waals surface area contributed by atoms with Gasteiger partial charge in [-0.2, -0.15) is 0 Å². The monoisotopic (exact) mass is 374 g/mol. The smallest absolute Gasteiger partial charge is 0.345 e. The number of thioether (sulfide) groups is 1. The van der Waals surface area contributed by atoms with E-state index in [1.165, 1.54) is 7.11 Å². The van der Waals surface area contributed by atoms with Crippen LogP contribution in [0.5, 0.6) is 0 Å². The summed E-state index contributed by atoms with van der Waals surface area (Å²) in [6.45, 7) is 1.89. The highest BCUT2D eigenvalue weighted by atomic mass is 32.2. The third-order valence-electron chi connectivity index (χ3n) is 3.85. The first-order valence-electron chi connectivity index (χ1n) is 8.22. The average Bonchev–Trinajstić information content (AvgIpc) is 2.69. The Balaban J connectivity index is 2.41. The van der Waals surface area contributed by atoms with Crippen LogP contribution >= 0.6 is 11.8 Å². The number of carbonyl (C=O) groups is 2. The Morgan fingerprint density at radius 1 is 1.08 bits per heavy atom. The zero-order valence-corrected chi connectivity index (χ0v) is 15.6. The molecule has 0 aliphatic rings. The molecule has 2 atom stereocenters. The molecule has 26 heavy (non-hydrogen) atoms. The number of carbonyl (C=O) groups excluding carboxylic acids is 2. The summed E-state index contributed by atoms with van der Waals surface area (Å²) in [5, 5.41) is 10.8. The second-order valence-corrected chi connectivity index (χ2v) is 6.82. The van der Waals surface area contributed by atoms with Crippen LogP contribution in [0, 0.1) is 0 Å². The largest absolute Gasteiger partial charge is 0.467 e. The summed E-state index contributed by atoms with van der Waals surface area (Å²) >= 11 is 0.992. The highest BCUT2D eigenvalue weighted by Gasteiger charge is 2.51. The molecule has 0 heterocycles. The Kier molecular flexibility index (Phi) is 7.38. The van der Waals surface area contributed by atoms with E-state index in [0.29, 0.717) is 5.75 Å². The van der Waals surface area contributed by atoms with Crippen LogP contribution in [0.3, 0.4) is 0 Å². The van der Waals surface area contributed by atoms with E-state index >= 15 is 0 Å². The summed E-state index contributed by atoms with van der Waals surface area (Å²) in [7, 11) is 1.17. The molecular formula is C20H22O5S. The van der Waals surface area contributed by atoms with E-state index in [9.17, 15) is 14.7 Å². The molecule has 0 spiro atoms. The summed E-state index contributed by atoms with van der Waals surface area (Å²) < 4.78 is 10.6. The molecule has 0 saturated heterocycles. The van der Waals surface area contributed by atoms with Crippen molar-refractivity contribution >= 4 is 22.8 Å². The van der Waals surface area contributed by atoms with Gasteiger partial charge >= 0.3 is 5.97 Å². The summed E-state index contributed by atoms with van der Waals surface area (Å²) in [5.74, 6) is -0.442. The van der Waals surface area contributed by atoms with Crippen molar-refractivity contribution in [2.45, 2.75) is 25.2 Å². The number of aliphatic hydroxyl groups is 1. The molecule has 1 N–H and O–H groups in total. The van der Waals surface area contributed by atoms with Crippen LogP contribution in [0.2, 0.25) is 0 Å². The first-order valence-corrected chi connectivity index (χ1v) is 9.21. The molecule has 2 aromatic carbocycles. The van der Waals surface area contributed by atoms with Crippen LogP contribution in [-0.4, -0.2) is 35.2 Å². The lowest BCUT2D eigenvalue weighted by Gasteiger charge is -2.32. The Morgan fingerprint density at radius 2 is 1.65 bits per heavy atom. The molecule has 0 aromatic heterocycles. The summed E-state index contributed by atoms with van der Waals surface area (Å²) in [5.41, 5.74) is -1.16. The van der Waals surface area contributed by atoms with Gasteiger partial charge in [-0.05, 0) is 16.9 Å². The van der Waals surface area contributed by atoms with Gasteiger partial charge in [0, 0.05) is 0 Å². The van der Waals surface area contributed by atoms with Crippen LogP contribution in [0.4, 0.5) is 0 Å². The van der Waals surface area contributed by atoms with E-state index in [2.05, 4.69) is 0 Å². The molecule has 0 radical (unpaired) electrons. The van der Waals surface area contributed by atoms with Gasteiger partial charge < -0.3 is 14.6 Å². The summed E-state index contributed by atoms with van der Waals surface area (Å²) in [6.07, 6.45) is -1.40. The molecule has 0 fully saturated rings. The quantitative estimate of drug-likeness (QED) is 0.717. The van der Waals surface area contributed by atoms with Crippen LogP contribution < -0.4 is 0 Å². The van der Waals surface area contributed by atoms with Gasteiger partial charge in [0.05, 0.1) is 13.7 Å². The van der Waals surface area contributed by atoms with Gasteiger partial charge in [-0.1, -0.05) is 79.3 Å². The van der Waals surface area contributed by atoms with Crippen LogP contribution in [-0.2, 0) is 31.3 Å².